The van der Waals surface area contributed by atoms with E-state index >= 15 is 0 Å². The van der Waals surface area contributed by atoms with Crippen LogP contribution in [0.3, 0.4) is 0 Å². The molecule has 346 valence electrons. The lowest BCUT2D eigenvalue weighted by Crippen LogP contribution is -2.07. The van der Waals surface area contributed by atoms with Crippen LogP contribution in [0.5, 0.6) is 0 Å². The van der Waals surface area contributed by atoms with Crippen LogP contribution < -0.4 is 0 Å². The molecule has 3 heterocycles. The monoisotopic (exact) mass is 943 g/mol. The van der Waals surface area contributed by atoms with E-state index in [9.17, 15) is 0 Å². The second-order valence-electron chi connectivity index (χ2n) is 18.8. The van der Waals surface area contributed by atoms with Crippen molar-refractivity contribution < 1.29 is 0 Å². The van der Waals surface area contributed by atoms with Gasteiger partial charge in [-0.05, 0) is 86.0 Å². The molecule has 0 radical (unpaired) electrons. The molecule has 0 aliphatic rings. The van der Waals surface area contributed by atoms with Crippen molar-refractivity contribution >= 4 is 43.6 Å². The van der Waals surface area contributed by atoms with E-state index in [4.69, 9.17) is 15.0 Å². The van der Waals surface area contributed by atoms with Crippen molar-refractivity contribution in [3.05, 3.63) is 273 Å². The average molecular weight is 944 g/mol. The summed E-state index contributed by atoms with van der Waals surface area (Å²) in [5.74, 6) is 1.74. The van der Waals surface area contributed by atoms with Crippen molar-refractivity contribution in [3.8, 4) is 90.0 Å². The minimum absolute atomic E-state index is 0.543. The molecular weight excluding hydrogens is 899 g/mol. The van der Waals surface area contributed by atoms with Gasteiger partial charge in [0.15, 0.2) is 11.6 Å². The van der Waals surface area contributed by atoms with E-state index in [2.05, 4.69) is 258 Å². The smallest absolute Gasteiger partial charge is 0.238 e. The van der Waals surface area contributed by atoms with Gasteiger partial charge in [0.25, 0.3) is 0 Å². The largest absolute Gasteiger partial charge is 0.307 e. The van der Waals surface area contributed by atoms with Gasteiger partial charge in [-0.15, -0.1) is 0 Å². The van der Waals surface area contributed by atoms with Gasteiger partial charge in [-0.1, -0.05) is 243 Å². The van der Waals surface area contributed by atoms with Crippen molar-refractivity contribution in [3.63, 3.8) is 0 Å². The normalized spacial score (nSPS) is 11.5. The molecular formula is C69H45N5. The van der Waals surface area contributed by atoms with Crippen LogP contribution in [-0.2, 0) is 0 Å². The molecule has 3 aromatic heterocycles. The van der Waals surface area contributed by atoms with Crippen LogP contribution in [0.4, 0.5) is 0 Å². The number of hydrogen-bond acceptors (Lipinski definition) is 3. The Balaban J connectivity index is 1.05. The number of nitrogens with zero attached hydrogens (tertiary/aromatic N) is 5. The molecule has 0 spiro atoms. The van der Waals surface area contributed by atoms with E-state index in [1.807, 2.05) is 24.3 Å². The van der Waals surface area contributed by atoms with Crippen LogP contribution in [0, 0.1) is 0 Å². The molecule has 0 saturated heterocycles. The summed E-state index contributed by atoms with van der Waals surface area (Å²) in [7, 11) is 0. The third kappa shape index (κ3) is 7.46. The Morgan fingerprint density at radius 3 is 1.14 bits per heavy atom. The predicted molar refractivity (Wildman–Crippen MR) is 307 cm³/mol. The minimum atomic E-state index is 0.543. The summed E-state index contributed by atoms with van der Waals surface area (Å²) < 4.78 is 4.75. The fourth-order valence-electron chi connectivity index (χ4n) is 10.9. The fraction of sp³-hybridized carbons (Fsp3) is 0. The lowest BCUT2D eigenvalue weighted by Gasteiger charge is -2.17. The maximum atomic E-state index is 5.44. The van der Waals surface area contributed by atoms with Crippen molar-refractivity contribution in [1.29, 1.82) is 0 Å². The molecule has 14 aromatic rings. The Morgan fingerprint density at radius 1 is 0.230 bits per heavy atom. The van der Waals surface area contributed by atoms with Crippen molar-refractivity contribution in [2.24, 2.45) is 0 Å². The van der Waals surface area contributed by atoms with E-state index < -0.39 is 0 Å². The lowest BCUT2D eigenvalue weighted by molar-refractivity contribution is 0.953. The summed E-state index contributed by atoms with van der Waals surface area (Å²) >= 11 is 0. The molecule has 0 aliphatic carbocycles. The van der Waals surface area contributed by atoms with Gasteiger partial charge in [0.1, 0.15) is 0 Å². The Hall–Kier alpha value is -9.97. The molecule has 0 saturated carbocycles. The maximum Gasteiger partial charge on any atom is 0.238 e. The predicted octanol–water partition coefficient (Wildman–Crippen LogP) is 17.7. The highest BCUT2D eigenvalue weighted by Crippen LogP contribution is 2.44. The standard InChI is InChI=1S/C69H45N5/c1-5-19-46(20-6-1)48-33-35-50(36-34-48)54-43-55(58-28-14-13-27-57(58)51-23-9-3-10-24-51)45-56(44-54)73-63-31-17-15-29-59(63)61-41-42-62-60-30-16-18-32-64(60)74(66(62)65(61)73)69-71-67(52-25-11-4-12-26-52)70-68(72-69)53-39-37-49(38-40-53)47-21-7-2-8-22-47/h1-45H. The Bertz CT molecular complexity index is 4370. The van der Waals surface area contributed by atoms with Gasteiger partial charge in [0.05, 0.1) is 22.1 Å². The number of aromatic nitrogens is 5. The highest BCUT2D eigenvalue weighted by Gasteiger charge is 2.24. The Morgan fingerprint density at radius 2 is 0.595 bits per heavy atom. The number of para-hydroxylation sites is 2. The SMILES string of the molecule is c1ccc(-c2ccc(-c3cc(-c4ccccc4-c4ccccc4)cc(-n4c5ccccc5c5ccc6c7ccccc7n(-c7nc(-c8ccccc8)nc(-c8ccc(-c9ccccc9)cc8)n7)c6c54)c3)cc2)cc1. The molecule has 0 N–H and O–H groups in total. The number of rotatable bonds is 9. The molecule has 5 heteroatoms. The van der Waals surface area contributed by atoms with Gasteiger partial charge in [0.2, 0.25) is 5.95 Å². The molecule has 5 nitrogen and oxygen atoms in total. The van der Waals surface area contributed by atoms with Gasteiger partial charge in [-0.25, -0.2) is 4.98 Å². The Labute approximate surface area is 428 Å². The lowest BCUT2D eigenvalue weighted by atomic mass is 9.91. The van der Waals surface area contributed by atoms with Crippen molar-refractivity contribution in [1.82, 2.24) is 24.1 Å². The van der Waals surface area contributed by atoms with E-state index in [0.717, 1.165) is 93.8 Å². The van der Waals surface area contributed by atoms with Gasteiger partial charge in [0, 0.05) is 38.4 Å². The summed E-state index contributed by atoms with van der Waals surface area (Å²) in [5.41, 5.74) is 18.6. The van der Waals surface area contributed by atoms with Crippen LogP contribution in [0.25, 0.3) is 134 Å². The fourth-order valence-corrected chi connectivity index (χ4v) is 10.9. The first-order valence-electron chi connectivity index (χ1n) is 25.1. The van der Waals surface area contributed by atoms with Gasteiger partial charge in [-0.3, -0.25) is 4.57 Å². The number of fused-ring (bicyclic) bond motifs is 7. The third-order valence-electron chi connectivity index (χ3n) is 14.4. The zero-order valence-corrected chi connectivity index (χ0v) is 40.2. The van der Waals surface area contributed by atoms with Crippen LogP contribution in [0.2, 0.25) is 0 Å². The molecule has 0 atom stereocenters. The van der Waals surface area contributed by atoms with Gasteiger partial charge >= 0.3 is 0 Å². The zero-order chi connectivity index (χ0) is 49.0. The summed E-state index contributed by atoms with van der Waals surface area (Å²) in [5, 5.41) is 4.51. The van der Waals surface area contributed by atoms with Crippen molar-refractivity contribution in [2.45, 2.75) is 0 Å². The van der Waals surface area contributed by atoms with Crippen LogP contribution in [-0.4, -0.2) is 24.1 Å². The molecule has 11 aromatic carbocycles. The van der Waals surface area contributed by atoms with E-state index in [1.165, 1.54) is 22.3 Å². The third-order valence-corrected chi connectivity index (χ3v) is 14.4. The quantitative estimate of drug-likeness (QED) is 0.145. The topological polar surface area (TPSA) is 48.5 Å². The molecule has 0 aliphatic heterocycles. The van der Waals surface area contributed by atoms with E-state index in [1.54, 1.807) is 0 Å². The van der Waals surface area contributed by atoms with Crippen LogP contribution in [0.1, 0.15) is 0 Å². The second-order valence-corrected chi connectivity index (χ2v) is 18.8. The first kappa shape index (κ1) is 42.9. The molecule has 74 heavy (non-hydrogen) atoms. The molecule has 0 bridgehead atoms. The maximum absolute atomic E-state index is 5.44. The molecule has 0 unspecified atom stereocenters. The molecule has 0 fully saturated rings. The summed E-state index contributed by atoms with van der Waals surface area (Å²) in [6.07, 6.45) is 0. The highest BCUT2D eigenvalue weighted by atomic mass is 15.2. The van der Waals surface area contributed by atoms with E-state index in [-0.39, 0.29) is 0 Å². The number of benzene rings is 11. The van der Waals surface area contributed by atoms with Crippen LogP contribution >= 0.6 is 0 Å². The first-order chi connectivity index (χ1) is 36.7. The highest BCUT2D eigenvalue weighted by molar-refractivity contribution is 6.23. The second kappa shape index (κ2) is 18.0. The van der Waals surface area contributed by atoms with Gasteiger partial charge < -0.3 is 4.57 Å². The summed E-state index contributed by atoms with van der Waals surface area (Å²) in [6, 6.07) is 97.4. The molecule has 0 amide bonds. The summed E-state index contributed by atoms with van der Waals surface area (Å²) in [6.45, 7) is 0. The average Bonchev–Trinajstić information content (AvgIpc) is 4.01. The minimum Gasteiger partial charge on any atom is -0.307 e. The summed E-state index contributed by atoms with van der Waals surface area (Å²) in [4.78, 5) is 16.0. The van der Waals surface area contributed by atoms with E-state index in [0.29, 0.717) is 17.6 Å². The van der Waals surface area contributed by atoms with Gasteiger partial charge in [-0.2, -0.15) is 9.97 Å². The molecule has 14 rings (SSSR count). The zero-order valence-electron chi connectivity index (χ0n) is 40.2. The number of hydrogen-bond donors (Lipinski definition) is 0. The van der Waals surface area contributed by atoms with Crippen molar-refractivity contribution in [2.75, 3.05) is 0 Å². The first-order valence-corrected chi connectivity index (χ1v) is 25.1. The van der Waals surface area contributed by atoms with Crippen LogP contribution in [0.15, 0.2) is 273 Å². The Kier molecular flexibility index (Phi) is 10.4.